The molecule has 0 saturated carbocycles. The van der Waals surface area contributed by atoms with E-state index in [1.807, 2.05) is 53.7 Å². The first-order valence-electron chi connectivity index (χ1n) is 17.1. The number of aryl methyl sites for hydroxylation is 1. The Hall–Kier alpha value is -1.89. The van der Waals surface area contributed by atoms with Crippen LogP contribution < -0.4 is 39.0 Å². The van der Waals surface area contributed by atoms with Gasteiger partial charge < -0.3 is 10.9 Å². The largest absolute Gasteiger partial charge is 1.00 e. The number of halogens is 2. The Kier molecular flexibility index (Phi) is 14.0. The number of rotatable bonds is 14. The van der Waals surface area contributed by atoms with Gasteiger partial charge in [-0.1, -0.05) is 49.2 Å². The van der Waals surface area contributed by atoms with Gasteiger partial charge in [0.25, 0.3) is 20.2 Å². The van der Waals surface area contributed by atoms with Crippen LogP contribution in [0, 0.1) is 0 Å². The molecule has 12 nitrogen and oxygen atoms in total. The van der Waals surface area contributed by atoms with Crippen LogP contribution >= 0.6 is 23.2 Å². The van der Waals surface area contributed by atoms with Crippen LogP contribution in [-0.2, 0) is 47.7 Å². The molecule has 1 aromatic heterocycles. The molecule has 2 aliphatic heterocycles. The topological polar surface area (TPSA) is 185 Å². The maximum absolute atomic E-state index is 11.9. The average Bonchev–Trinajstić information content (AvgIpc) is 3.59. The minimum absolute atomic E-state index is 0. The quantitative estimate of drug-likeness (QED) is 0.123. The van der Waals surface area contributed by atoms with Crippen molar-refractivity contribution in [1.29, 1.82) is 0 Å². The molecule has 0 spiro atoms. The van der Waals surface area contributed by atoms with Gasteiger partial charge in [-0.3, -0.25) is 9.11 Å². The van der Waals surface area contributed by atoms with E-state index in [1.54, 1.807) is 12.3 Å². The number of allylic oxidation sites excluding steroid dienone is 8. The third kappa shape index (κ3) is 10.3. The van der Waals surface area contributed by atoms with Gasteiger partial charge in [0.2, 0.25) is 0 Å². The number of aliphatic imine (C=N–C) groups is 1. The Labute approximate surface area is 351 Å². The smallest absolute Gasteiger partial charge is 1.00 e. The summed E-state index contributed by atoms with van der Waals surface area (Å²) in [5.74, 6) is 0.0296. The molecule has 2 N–H and O–H groups in total. The normalized spacial score (nSPS) is 19.5. The molecule has 54 heavy (non-hydrogen) atoms. The van der Waals surface area contributed by atoms with Crippen molar-refractivity contribution < 1.29 is 74.5 Å². The summed E-state index contributed by atoms with van der Waals surface area (Å²) in [6.07, 6.45) is 12.3. The molecule has 18 heteroatoms. The van der Waals surface area contributed by atoms with Gasteiger partial charge in [0, 0.05) is 28.4 Å². The fraction of sp³-hybridized carbons (Fsp3) is 0.444. The van der Waals surface area contributed by atoms with Crippen molar-refractivity contribution in [3.8, 4) is 0 Å². The molecule has 2 aromatic rings. The standard InChI is InChI=1S/C36H43Cl2N3O9S3.Na.H/c1-35(2)29-21-26(37)23-40(17-5-7-19-51(42,43)44)34(29)39-31(35)15-11-24-9-10-25(33(24)38)12-16-32-36(3,4)28-22-27(53(48,49)50)13-14-30(28)41(32)18-6-8-20-52(45,46)47;;/h11-16,21-23H,5-10,17-20H2,1-4H3,(H2-,42,43,44,45,46,47,48,49,50);;/q;+1;-1. The van der Waals surface area contributed by atoms with Gasteiger partial charge in [-0.05, 0) is 110 Å². The predicted molar refractivity (Wildman–Crippen MR) is 206 cm³/mol. The molecule has 0 atom stereocenters. The molecule has 1 aliphatic carbocycles. The first kappa shape index (κ1) is 44.8. The van der Waals surface area contributed by atoms with Crippen molar-refractivity contribution in [2.45, 2.75) is 88.5 Å². The second kappa shape index (κ2) is 16.9. The number of hydrogen-bond acceptors (Lipinski definition) is 9. The number of pyridine rings is 1. The minimum Gasteiger partial charge on any atom is -1.00 e. The van der Waals surface area contributed by atoms with E-state index in [-0.39, 0.29) is 53.8 Å². The summed E-state index contributed by atoms with van der Waals surface area (Å²) >= 11 is 13.4. The van der Waals surface area contributed by atoms with Crippen molar-refractivity contribution in [1.82, 2.24) is 0 Å². The molecule has 0 unspecified atom stereocenters. The van der Waals surface area contributed by atoms with Crippen LogP contribution in [0.25, 0.3) is 0 Å². The molecule has 5 rings (SSSR count). The van der Waals surface area contributed by atoms with Gasteiger partial charge in [-0.15, -0.1) is 0 Å². The third-order valence-corrected chi connectivity index (χ3v) is 13.1. The molecule has 0 amide bonds. The number of benzene rings is 1. The molecule has 0 radical (unpaired) electrons. The van der Waals surface area contributed by atoms with E-state index in [0.717, 1.165) is 33.9 Å². The molecular weight excluding hydrogens is 809 g/mol. The predicted octanol–water partition coefficient (Wildman–Crippen LogP) is 3.80. The van der Waals surface area contributed by atoms with Gasteiger partial charge in [0.05, 0.1) is 38.9 Å². The second-order valence-corrected chi connectivity index (χ2v) is 19.9. The Morgan fingerprint density at radius 2 is 1.54 bits per heavy atom. The van der Waals surface area contributed by atoms with E-state index < -0.39 is 41.2 Å². The van der Waals surface area contributed by atoms with Gasteiger partial charge >= 0.3 is 35.4 Å². The van der Waals surface area contributed by atoms with E-state index in [0.29, 0.717) is 66.5 Å². The summed E-state index contributed by atoms with van der Waals surface area (Å²) in [5, 5.41) is 1.12. The van der Waals surface area contributed by atoms with Crippen LogP contribution in [0.5, 0.6) is 0 Å². The fourth-order valence-electron chi connectivity index (χ4n) is 7.04. The third-order valence-electron chi connectivity index (χ3n) is 9.96. The molecular formula is C36H44Cl2N3NaO9S3. The van der Waals surface area contributed by atoms with E-state index in [9.17, 15) is 34.4 Å². The van der Waals surface area contributed by atoms with E-state index in [1.165, 1.54) is 12.1 Å². The van der Waals surface area contributed by atoms with Gasteiger partial charge in [-0.2, -0.15) is 16.8 Å². The Bertz CT molecular complexity index is 2330. The molecule has 3 aliphatic rings. The minimum atomic E-state index is -4.70. The van der Waals surface area contributed by atoms with Crippen molar-refractivity contribution in [2.24, 2.45) is 4.99 Å². The van der Waals surface area contributed by atoms with Gasteiger partial charge in [0.1, 0.15) is 16.3 Å². The first-order valence-corrected chi connectivity index (χ1v) is 22.5. The monoisotopic (exact) mass is 851 g/mol. The molecule has 1 aromatic carbocycles. The Morgan fingerprint density at radius 3 is 2.17 bits per heavy atom. The number of unbranched alkanes of at least 4 members (excludes halogenated alkanes) is 2. The van der Waals surface area contributed by atoms with Crippen LogP contribution in [0.4, 0.5) is 11.5 Å². The summed E-state index contributed by atoms with van der Waals surface area (Å²) in [6.45, 7) is 8.81. The summed E-state index contributed by atoms with van der Waals surface area (Å²) in [4.78, 5) is 6.59. The number of fused-ring (bicyclic) bond motifs is 2. The number of hydrogen-bond donors (Lipinski definition) is 2. The maximum atomic E-state index is 11.9. The van der Waals surface area contributed by atoms with E-state index >= 15 is 0 Å². The molecule has 0 fully saturated rings. The summed E-state index contributed by atoms with van der Waals surface area (Å²) in [7, 11) is -12.9. The second-order valence-electron chi connectivity index (χ2n) is 14.5. The van der Waals surface area contributed by atoms with Gasteiger partial charge in [0.15, 0.2) is 5.71 Å². The number of aromatic nitrogens is 1. The molecule has 290 valence electrons. The zero-order valence-electron chi connectivity index (χ0n) is 31.8. The van der Waals surface area contributed by atoms with Crippen LogP contribution in [0.2, 0.25) is 5.02 Å². The summed E-state index contributed by atoms with van der Waals surface area (Å²) < 4.78 is 101. The Balaban J connectivity index is 0.00000406. The van der Waals surface area contributed by atoms with Crippen LogP contribution in [0.1, 0.15) is 78.8 Å². The van der Waals surface area contributed by atoms with Gasteiger partial charge in [-0.25, -0.2) is 13.0 Å². The number of anilines is 1. The Morgan fingerprint density at radius 1 is 0.889 bits per heavy atom. The van der Waals surface area contributed by atoms with Crippen molar-refractivity contribution in [3.05, 3.63) is 92.8 Å². The average molecular weight is 853 g/mol. The fourth-order valence-corrected chi connectivity index (χ4v) is 9.21. The van der Waals surface area contributed by atoms with Crippen LogP contribution in [-0.4, -0.2) is 62.7 Å². The molecule has 3 heterocycles. The van der Waals surface area contributed by atoms with Crippen molar-refractivity contribution >= 4 is 70.8 Å². The summed E-state index contributed by atoms with van der Waals surface area (Å²) in [6, 6.07) is 6.14. The molecule has 0 bridgehead atoms. The van der Waals surface area contributed by atoms with Crippen molar-refractivity contribution in [2.75, 3.05) is 23.0 Å². The number of nitrogens with zero attached hydrogens (tertiary/aromatic N) is 3. The van der Waals surface area contributed by atoms with E-state index in [2.05, 4.69) is 13.8 Å². The SMILES string of the molecule is CC1(C)C(=CC=C2CCC(C=CC3=Nc4c(cc(Cl)c[n+]4CCCCS(=O)(=O)O)C3(C)C)=C2Cl)N(CCCCS(=O)(=O)O)c2ccc(S(=O)(=O)[O-])cc21.[H-].[Na+]. The zero-order valence-corrected chi connectivity index (χ0v) is 36.8. The van der Waals surface area contributed by atoms with Crippen LogP contribution in [0.15, 0.2) is 86.5 Å². The van der Waals surface area contributed by atoms with E-state index in [4.69, 9.17) is 32.7 Å². The van der Waals surface area contributed by atoms with Crippen molar-refractivity contribution in [3.63, 3.8) is 0 Å². The maximum Gasteiger partial charge on any atom is 1.00 e. The zero-order chi connectivity index (χ0) is 39.1. The summed E-state index contributed by atoms with van der Waals surface area (Å²) in [5.41, 5.74) is 4.50. The molecule has 0 saturated heterocycles. The van der Waals surface area contributed by atoms with Crippen LogP contribution in [0.3, 0.4) is 0 Å². The first-order chi connectivity index (χ1) is 24.5.